The molecule has 2 heterocycles. The Morgan fingerprint density at radius 3 is 2.92 bits per heavy atom. The topological polar surface area (TPSA) is 79.8 Å². The minimum atomic E-state index is -0.833. The Morgan fingerprint density at radius 2 is 2.12 bits per heavy atom. The Morgan fingerprint density at radius 1 is 1.36 bits per heavy atom. The van der Waals surface area contributed by atoms with Crippen molar-refractivity contribution in [2.75, 3.05) is 32.8 Å². The predicted octanol–water partition coefficient (Wildman–Crippen LogP) is 1.65. The van der Waals surface area contributed by atoms with Crippen molar-refractivity contribution in [2.24, 2.45) is 11.3 Å². The molecule has 1 saturated carbocycles. The van der Waals surface area contributed by atoms with Crippen molar-refractivity contribution < 1.29 is 19.4 Å². The Hall–Kier alpha value is -1.50. The number of ether oxygens (including phenoxy) is 2. The van der Waals surface area contributed by atoms with Gasteiger partial charge in [0.25, 0.3) is 0 Å². The largest absolute Gasteiger partial charge is 0.486 e. The van der Waals surface area contributed by atoms with Crippen molar-refractivity contribution >= 4 is 17.5 Å². The summed E-state index contributed by atoms with van der Waals surface area (Å²) in [5.74, 6) is 1.18. The molecule has 2 aliphatic heterocycles. The van der Waals surface area contributed by atoms with E-state index in [1.165, 1.54) is 0 Å². The molecule has 6 nitrogen and oxygen atoms in total. The first-order chi connectivity index (χ1) is 12.1. The van der Waals surface area contributed by atoms with Crippen molar-refractivity contribution in [1.29, 1.82) is 0 Å². The van der Waals surface area contributed by atoms with Crippen LogP contribution in [0.1, 0.15) is 30.9 Å². The summed E-state index contributed by atoms with van der Waals surface area (Å²) in [7, 11) is 0. The maximum Gasteiger partial charge on any atom is 0.223 e. The van der Waals surface area contributed by atoms with E-state index in [1.54, 1.807) is 12.1 Å². The van der Waals surface area contributed by atoms with E-state index in [2.05, 4.69) is 10.6 Å². The van der Waals surface area contributed by atoms with Gasteiger partial charge in [0.2, 0.25) is 5.91 Å². The van der Waals surface area contributed by atoms with E-state index in [0.717, 1.165) is 32.4 Å². The fraction of sp³-hybridized carbons (Fsp3) is 0.611. The van der Waals surface area contributed by atoms with Crippen molar-refractivity contribution in [2.45, 2.75) is 25.4 Å². The molecule has 0 bridgehead atoms. The molecule has 25 heavy (non-hydrogen) atoms. The first kappa shape index (κ1) is 16.9. The third-order valence-electron chi connectivity index (χ3n) is 5.58. The fourth-order valence-corrected chi connectivity index (χ4v) is 4.23. The number of hydrogen-bond donors (Lipinski definition) is 3. The summed E-state index contributed by atoms with van der Waals surface area (Å²) in [6.45, 7) is 3.06. The predicted molar refractivity (Wildman–Crippen MR) is 93.1 cm³/mol. The van der Waals surface area contributed by atoms with Gasteiger partial charge in [0.1, 0.15) is 13.2 Å². The molecule has 0 aromatic heterocycles. The van der Waals surface area contributed by atoms with Crippen LogP contribution in [0.15, 0.2) is 12.1 Å². The molecule has 1 aliphatic carbocycles. The molecule has 0 radical (unpaired) electrons. The highest BCUT2D eigenvalue weighted by molar-refractivity contribution is 6.32. The third-order valence-corrected chi connectivity index (χ3v) is 5.86. The van der Waals surface area contributed by atoms with Crippen LogP contribution in [0.2, 0.25) is 5.02 Å². The SMILES string of the molecule is O=C(NCC(O)c1cc(Cl)c2c(c1)OCCO2)C1CC12CCNCC2. The third kappa shape index (κ3) is 3.30. The van der Waals surface area contributed by atoms with Gasteiger partial charge in [-0.05, 0) is 55.5 Å². The highest BCUT2D eigenvalue weighted by atomic mass is 35.5. The van der Waals surface area contributed by atoms with Crippen LogP contribution in [0.3, 0.4) is 0 Å². The lowest BCUT2D eigenvalue weighted by atomic mass is 9.92. The van der Waals surface area contributed by atoms with Gasteiger partial charge in [-0.15, -0.1) is 0 Å². The van der Waals surface area contributed by atoms with Gasteiger partial charge in [0.05, 0.1) is 11.1 Å². The van der Waals surface area contributed by atoms with Crippen LogP contribution in [0.4, 0.5) is 0 Å². The molecule has 1 saturated heterocycles. The van der Waals surface area contributed by atoms with Gasteiger partial charge >= 0.3 is 0 Å². The van der Waals surface area contributed by atoms with Gasteiger partial charge in [-0.2, -0.15) is 0 Å². The molecule has 7 heteroatoms. The summed E-state index contributed by atoms with van der Waals surface area (Å²) >= 11 is 6.20. The van der Waals surface area contributed by atoms with Gasteiger partial charge < -0.3 is 25.2 Å². The minimum absolute atomic E-state index is 0.0459. The number of carbonyl (C=O) groups excluding carboxylic acids is 1. The summed E-state index contributed by atoms with van der Waals surface area (Å²) in [6.07, 6.45) is 2.25. The Bertz CT molecular complexity index is 675. The zero-order valence-corrected chi connectivity index (χ0v) is 14.8. The number of aliphatic hydroxyl groups is 1. The molecule has 1 aromatic carbocycles. The lowest BCUT2D eigenvalue weighted by Gasteiger charge is -2.23. The molecular weight excluding hydrogens is 344 g/mol. The lowest BCUT2D eigenvalue weighted by Crippen LogP contribution is -2.35. The van der Waals surface area contributed by atoms with Crippen LogP contribution in [0.25, 0.3) is 0 Å². The Labute approximate surface area is 151 Å². The van der Waals surface area contributed by atoms with Gasteiger partial charge in [-0.1, -0.05) is 11.6 Å². The first-order valence-electron chi connectivity index (χ1n) is 8.85. The monoisotopic (exact) mass is 366 g/mol. The number of piperidine rings is 1. The number of benzene rings is 1. The second kappa shape index (κ2) is 6.67. The number of fused-ring (bicyclic) bond motifs is 1. The van der Waals surface area contributed by atoms with E-state index in [4.69, 9.17) is 21.1 Å². The summed E-state index contributed by atoms with van der Waals surface area (Å²) in [4.78, 5) is 12.4. The van der Waals surface area contributed by atoms with Crippen molar-refractivity contribution in [3.05, 3.63) is 22.7 Å². The standard InChI is InChI=1S/C18H23ClN2O4/c19-13-7-11(8-15-16(13)25-6-5-24-15)14(22)10-21-17(23)12-9-18(12)1-3-20-4-2-18/h7-8,12,14,20,22H,1-6,9-10H2,(H,21,23). The maximum atomic E-state index is 12.4. The summed E-state index contributed by atoms with van der Waals surface area (Å²) in [6, 6.07) is 3.39. The number of amides is 1. The molecule has 1 amide bonds. The number of carbonyl (C=O) groups is 1. The number of halogens is 1. The van der Waals surface area contributed by atoms with E-state index in [9.17, 15) is 9.90 Å². The second-order valence-electron chi connectivity index (χ2n) is 7.16. The van der Waals surface area contributed by atoms with Gasteiger partial charge in [-0.25, -0.2) is 0 Å². The molecule has 4 rings (SSSR count). The molecular formula is C18H23ClN2O4. The molecule has 2 unspecified atom stereocenters. The smallest absolute Gasteiger partial charge is 0.223 e. The lowest BCUT2D eigenvalue weighted by molar-refractivity contribution is -0.123. The van der Waals surface area contributed by atoms with E-state index in [-0.39, 0.29) is 23.8 Å². The molecule has 1 spiro atoms. The average Bonchev–Trinajstić information content (AvgIpc) is 3.33. The van der Waals surface area contributed by atoms with E-state index in [1.807, 2.05) is 0 Å². The highest BCUT2D eigenvalue weighted by Gasteiger charge is 2.57. The number of aliphatic hydroxyl groups excluding tert-OH is 1. The number of hydrogen-bond acceptors (Lipinski definition) is 5. The van der Waals surface area contributed by atoms with Crippen molar-refractivity contribution in [1.82, 2.24) is 10.6 Å². The maximum absolute atomic E-state index is 12.4. The van der Waals surface area contributed by atoms with Crippen LogP contribution in [0, 0.1) is 11.3 Å². The summed E-state index contributed by atoms with van der Waals surface area (Å²) < 4.78 is 11.0. The average molecular weight is 367 g/mol. The van der Waals surface area contributed by atoms with Crippen molar-refractivity contribution in [3.8, 4) is 11.5 Å². The first-order valence-corrected chi connectivity index (χ1v) is 9.22. The molecule has 2 atom stereocenters. The zero-order valence-electron chi connectivity index (χ0n) is 14.0. The van der Waals surface area contributed by atoms with Gasteiger partial charge in [0.15, 0.2) is 11.5 Å². The molecule has 3 aliphatic rings. The highest BCUT2D eigenvalue weighted by Crippen LogP contribution is 2.58. The summed E-state index contributed by atoms with van der Waals surface area (Å²) in [5.41, 5.74) is 0.808. The van der Waals surface area contributed by atoms with E-state index < -0.39 is 6.10 Å². The van der Waals surface area contributed by atoms with Gasteiger partial charge in [0, 0.05) is 12.5 Å². The quantitative estimate of drug-likeness (QED) is 0.755. The van der Waals surface area contributed by atoms with Crippen LogP contribution in [0.5, 0.6) is 11.5 Å². The van der Waals surface area contributed by atoms with Gasteiger partial charge in [-0.3, -0.25) is 4.79 Å². The number of nitrogens with one attached hydrogen (secondary N) is 2. The Kier molecular flexibility index (Phi) is 4.52. The minimum Gasteiger partial charge on any atom is -0.486 e. The van der Waals surface area contributed by atoms with Crippen LogP contribution in [-0.2, 0) is 4.79 Å². The van der Waals surface area contributed by atoms with Crippen LogP contribution < -0.4 is 20.1 Å². The van der Waals surface area contributed by atoms with E-state index >= 15 is 0 Å². The normalized spacial score (nSPS) is 24.6. The molecule has 2 fully saturated rings. The van der Waals surface area contributed by atoms with Crippen LogP contribution >= 0.6 is 11.6 Å². The molecule has 1 aromatic rings. The fourth-order valence-electron chi connectivity index (χ4n) is 3.96. The zero-order chi connectivity index (χ0) is 17.4. The Balaban J connectivity index is 1.35. The summed E-state index contributed by atoms with van der Waals surface area (Å²) in [5, 5.41) is 17.1. The number of rotatable bonds is 4. The molecule has 3 N–H and O–H groups in total. The van der Waals surface area contributed by atoms with E-state index in [0.29, 0.717) is 35.3 Å². The van der Waals surface area contributed by atoms with Crippen LogP contribution in [-0.4, -0.2) is 43.9 Å². The van der Waals surface area contributed by atoms with Crippen molar-refractivity contribution in [3.63, 3.8) is 0 Å². The second-order valence-corrected chi connectivity index (χ2v) is 7.56. The molecule has 136 valence electrons.